The second kappa shape index (κ2) is 15.9. The number of anilines is 1. The highest BCUT2D eigenvalue weighted by Crippen LogP contribution is 2.33. The topological polar surface area (TPSA) is 146 Å². The van der Waals surface area contributed by atoms with Crippen LogP contribution in [0.15, 0.2) is 24.3 Å². The standard InChI is InChI=1S/C29H47N5O5.2ClH/c1-28(2,15-21(30)23(35)17-32-26(37)29(3,4)24-12-8-9-13-31-24)16-25(36)34-18-20(33-27(38)39-5)14-19-10-6-7-11-22(19)34;;/h6-7,10-11,20-21,23-24,31,35H,8-9,12-18,30H2,1-5H3,(H,32,37)(H,33,38);2*1H/t20?,21-,23-,24?;;/m0../s1. The molecule has 6 N–H and O–H groups in total. The van der Waals surface area contributed by atoms with Crippen molar-refractivity contribution in [3.8, 4) is 0 Å². The number of fused-ring (bicyclic) bond motifs is 1. The summed E-state index contributed by atoms with van der Waals surface area (Å²) in [4.78, 5) is 40.0. The van der Waals surface area contributed by atoms with Crippen molar-refractivity contribution in [1.82, 2.24) is 16.0 Å². The molecule has 1 saturated heterocycles. The molecule has 2 unspecified atom stereocenters. The summed E-state index contributed by atoms with van der Waals surface area (Å²) in [7, 11) is 1.31. The van der Waals surface area contributed by atoms with Crippen molar-refractivity contribution in [2.24, 2.45) is 16.6 Å². The maximum atomic E-state index is 13.5. The average molecular weight is 619 g/mol. The SMILES string of the molecule is COC(=O)NC1Cc2ccccc2N(C(=O)CC(C)(C)C[C@H](N)[C@@H](O)CNC(=O)C(C)(C)C2CCCCN2)C1.Cl.Cl. The summed E-state index contributed by atoms with van der Waals surface area (Å²) in [5.74, 6) is -0.193. The first-order chi connectivity index (χ1) is 18.3. The fourth-order valence-electron chi connectivity index (χ4n) is 5.71. The minimum Gasteiger partial charge on any atom is -0.453 e. The van der Waals surface area contributed by atoms with Gasteiger partial charge in [-0.2, -0.15) is 0 Å². The summed E-state index contributed by atoms with van der Waals surface area (Å²) < 4.78 is 4.75. The maximum absolute atomic E-state index is 13.5. The Morgan fingerprint density at radius 2 is 1.85 bits per heavy atom. The van der Waals surface area contributed by atoms with Gasteiger partial charge in [-0.1, -0.05) is 38.5 Å². The highest BCUT2D eigenvalue weighted by atomic mass is 35.5. The number of nitrogens with zero attached hydrogens (tertiary/aromatic N) is 1. The number of amides is 3. The van der Waals surface area contributed by atoms with Gasteiger partial charge in [0, 0.05) is 37.3 Å². The summed E-state index contributed by atoms with van der Waals surface area (Å²) in [6.45, 7) is 9.07. The quantitative estimate of drug-likeness (QED) is 0.271. The number of nitrogens with one attached hydrogen (secondary N) is 3. The van der Waals surface area contributed by atoms with Crippen LogP contribution >= 0.6 is 24.8 Å². The molecular weight excluding hydrogens is 569 g/mol. The number of methoxy groups -OCH3 is 1. The van der Waals surface area contributed by atoms with Crippen LogP contribution in [0, 0.1) is 10.8 Å². The second-order valence-corrected chi connectivity index (χ2v) is 12.4. The molecule has 2 heterocycles. The smallest absolute Gasteiger partial charge is 0.407 e. The Morgan fingerprint density at radius 3 is 2.49 bits per heavy atom. The van der Waals surface area contributed by atoms with E-state index in [1.54, 1.807) is 4.90 Å². The number of nitrogens with two attached hydrogens (primary N) is 1. The van der Waals surface area contributed by atoms with E-state index in [1.807, 2.05) is 52.0 Å². The van der Waals surface area contributed by atoms with E-state index in [2.05, 4.69) is 16.0 Å². The predicted octanol–water partition coefficient (Wildman–Crippen LogP) is 2.92. The van der Waals surface area contributed by atoms with E-state index >= 15 is 0 Å². The molecule has 1 fully saturated rings. The number of aliphatic hydroxyl groups is 1. The Kier molecular flexibility index (Phi) is 14.3. The lowest BCUT2D eigenvalue weighted by atomic mass is 9.79. The Labute approximate surface area is 256 Å². The van der Waals surface area contributed by atoms with Crippen molar-refractivity contribution in [3.05, 3.63) is 29.8 Å². The molecule has 234 valence electrons. The number of ether oxygens (including phenoxy) is 1. The number of benzene rings is 1. The lowest BCUT2D eigenvalue weighted by molar-refractivity contribution is -0.131. The van der Waals surface area contributed by atoms with Crippen molar-refractivity contribution in [1.29, 1.82) is 0 Å². The van der Waals surface area contributed by atoms with Gasteiger partial charge in [-0.25, -0.2) is 4.79 Å². The summed E-state index contributed by atoms with van der Waals surface area (Å²) in [5.41, 5.74) is 7.07. The number of hydrogen-bond donors (Lipinski definition) is 5. The predicted molar refractivity (Wildman–Crippen MR) is 166 cm³/mol. The first-order valence-corrected chi connectivity index (χ1v) is 14.0. The molecule has 0 saturated carbocycles. The monoisotopic (exact) mass is 617 g/mol. The number of hydrogen-bond acceptors (Lipinski definition) is 7. The average Bonchev–Trinajstić information content (AvgIpc) is 2.90. The maximum Gasteiger partial charge on any atom is 0.407 e. The third kappa shape index (κ3) is 9.99. The molecule has 2 aliphatic rings. The van der Waals surface area contributed by atoms with E-state index in [0.29, 0.717) is 19.4 Å². The molecule has 0 spiro atoms. The summed E-state index contributed by atoms with van der Waals surface area (Å²) in [6, 6.07) is 6.90. The van der Waals surface area contributed by atoms with E-state index in [1.165, 1.54) is 7.11 Å². The highest BCUT2D eigenvalue weighted by molar-refractivity contribution is 5.95. The molecule has 0 bridgehead atoms. The number of carbonyl (C=O) groups is 3. The Hall–Kier alpha value is -2.11. The van der Waals surface area contributed by atoms with Crippen LogP contribution in [-0.4, -0.2) is 74.0 Å². The Bertz CT molecular complexity index is 1020. The van der Waals surface area contributed by atoms with Crippen LogP contribution in [0.1, 0.15) is 65.4 Å². The van der Waals surface area contributed by atoms with Crippen LogP contribution in [0.25, 0.3) is 0 Å². The van der Waals surface area contributed by atoms with Crippen molar-refractivity contribution < 1.29 is 24.2 Å². The fraction of sp³-hybridized carbons (Fsp3) is 0.690. The lowest BCUT2D eigenvalue weighted by Gasteiger charge is -2.38. The normalized spacial score (nSPS) is 20.3. The van der Waals surface area contributed by atoms with E-state index < -0.39 is 29.1 Å². The van der Waals surface area contributed by atoms with Crippen LogP contribution < -0.4 is 26.6 Å². The number of alkyl carbamates (subject to hydrolysis) is 1. The third-order valence-electron chi connectivity index (χ3n) is 8.11. The van der Waals surface area contributed by atoms with Gasteiger partial charge in [0.1, 0.15) is 0 Å². The summed E-state index contributed by atoms with van der Waals surface area (Å²) >= 11 is 0. The van der Waals surface area contributed by atoms with E-state index in [-0.39, 0.29) is 61.7 Å². The molecule has 1 aromatic rings. The van der Waals surface area contributed by atoms with Gasteiger partial charge in [-0.15, -0.1) is 24.8 Å². The fourth-order valence-corrected chi connectivity index (χ4v) is 5.71. The van der Waals surface area contributed by atoms with Gasteiger partial charge in [-0.3, -0.25) is 9.59 Å². The molecule has 3 amide bonds. The highest BCUT2D eigenvalue weighted by Gasteiger charge is 2.38. The zero-order valence-electron chi connectivity index (χ0n) is 24.9. The number of carbonyl (C=O) groups excluding carboxylic acids is 3. The van der Waals surface area contributed by atoms with Crippen LogP contribution in [0.4, 0.5) is 10.5 Å². The van der Waals surface area contributed by atoms with Crippen LogP contribution in [0.3, 0.4) is 0 Å². The first-order valence-electron chi connectivity index (χ1n) is 14.0. The Morgan fingerprint density at radius 1 is 1.17 bits per heavy atom. The van der Waals surface area contributed by atoms with Crippen LogP contribution in [0.2, 0.25) is 0 Å². The van der Waals surface area contributed by atoms with Gasteiger partial charge in [-0.05, 0) is 63.1 Å². The number of aliphatic hydroxyl groups excluding tert-OH is 1. The zero-order valence-corrected chi connectivity index (χ0v) is 26.5. The molecule has 0 aromatic heterocycles. The molecule has 4 atom stereocenters. The minimum atomic E-state index is -0.942. The van der Waals surface area contributed by atoms with E-state index in [0.717, 1.165) is 37.1 Å². The van der Waals surface area contributed by atoms with Crippen LogP contribution in [-0.2, 0) is 20.7 Å². The molecule has 3 rings (SSSR count). The number of piperidine rings is 1. The second-order valence-electron chi connectivity index (χ2n) is 12.4. The van der Waals surface area contributed by atoms with Gasteiger partial charge in [0.2, 0.25) is 11.8 Å². The Balaban J connectivity index is 0.00000420. The zero-order chi connectivity index (χ0) is 28.8. The van der Waals surface area contributed by atoms with Crippen molar-refractivity contribution in [2.75, 3.05) is 31.6 Å². The molecule has 10 nitrogen and oxygen atoms in total. The molecule has 0 radical (unpaired) electrons. The first kappa shape index (κ1) is 36.9. The van der Waals surface area contributed by atoms with Crippen molar-refractivity contribution >= 4 is 48.4 Å². The van der Waals surface area contributed by atoms with Crippen molar-refractivity contribution in [3.63, 3.8) is 0 Å². The molecule has 2 aliphatic heterocycles. The summed E-state index contributed by atoms with van der Waals surface area (Å²) in [5, 5.41) is 19.9. The van der Waals surface area contributed by atoms with E-state index in [4.69, 9.17) is 10.5 Å². The molecule has 0 aliphatic carbocycles. The molecular formula is C29H49Cl2N5O5. The van der Waals surface area contributed by atoms with Gasteiger partial charge in [0.25, 0.3) is 0 Å². The minimum absolute atomic E-state index is 0. The molecule has 12 heteroatoms. The molecule has 41 heavy (non-hydrogen) atoms. The largest absolute Gasteiger partial charge is 0.453 e. The number of para-hydroxylation sites is 1. The lowest BCUT2D eigenvalue weighted by Crippen LogP contribution is -2.54. The van der Waals surface area contributed by atoms with Gasteiger partial charge >= 0.3 is 6.09 Å². The third-order valence-corrected chi connectivity index (χ3v) is 8.11. The number of rotatable bonds is 10. The summed E-state index contributed by atoms with van der Waals surface area (Å²) in [6.07, 6.45) is 2.90. The van der Waals surface area contributed by atoms with Crippen molar-refractivity contribution in [2.45, 2.75) is 90.4 Å². The molecule has 1 aromatic carbocycles. The van der Waals surface area contributed by atoms with Gasteiger partial charge in [0.05, 0.1) is 24.7 Å². The van der Waals surface area contributed by atoms with Crippen LogP contribution in [0.5, 0.6) is 0 Å². The van der Waals surface area contributed by atoms with E-state index in [9.17, 15) is 19.5 Å². The van der Waals surface area contributed by atoms with Gasteiger partial charge < -0.3 is 36.4 Å². The van der Waals surface area contributed by atoms with Gasteiger partial charge in [0.15, 0.2) is 0 Å². The number of halogens is 2.